The van der Waals surface area contributed by atoms with Crippen LogP contribution >= 0.6 is 7.60 Å². The molecule has 0 fully saturated rings. The average molecular weight is 324 g/mol. The third-order valence-corrected chi connectivity index (χ3v) is 4.43. The van der Waals surface area contributed by atoms with Gasteiger partial charge in [0.25, 0.3) is 0 Å². The van der Waals surface area contributed by atoms with Gasteiger partial charge in [0.05, 0.1) is 6.16 Å². The highest BCUT2D eigenvalue weighted by atomic mass is 31.2. The number of hydrogen-bond donors (Lipinski definition) is 2. The molecule has 0 aliphatic carbocycles. The fraction of sp³-hybridized carbons (Fsp3) is 0.0526. The maximum Gasteiger partial charge on any atom is 0.329 e. The summed E-state index contributed by atoms with van der Waals surface area (Å²) >= 11 is 0. The van der Waals surface area contributed by atoms with Gasteiger partial charge in [-0.05, 0) is 27.8 Å². The summed E-state index contributed by atoms with van der Waals surface area (Å²) in [6, 6.07) is 25.2. The van der Waals surface area contributed by atoms with Crippen molar-refractivity contribution in [2.75, 3.05) is 0 Å². The van der Waals surface area contributed by atoms with E-state index in [2.05, 4.69) is 0 Å². The van der Waals surface area contributed by atoms with Gasteiger partial charge < -0.3 is 9.79 Å². The van der Waals surface area contributed by atoms with Crippen LogP contribution < -0.4 is 0 Å². The Hall–Kier alpha value is -2.19. The summed E-state index contributed by atoms with van der Waals surface area (Å²) in [6.07, 6.45) is -0.266. The normalized spacial score (nSPS) is 11.4. The van der Waals surface area contributed by atoms with Gasteiger partial charge in [0, 0.05) is 0 Å². The van der Waals surface area contributed by atoms with E-state index < -0.39 is 7.60 Å². The third-order valence-electron chi connectivity index (χ3n) is 3.67. The molecule has 0 saturated heterocycles. The van der Waals surface area contributed by atoms with Crippen LogP contribution in [0.2, 0.25) is 0 Å². The van der Waals surface area contributed by atoms with E-state index in [4.69, 9.17) is 0 Å². The Balaban J connectivity index is 2.25. The summed E-state index contributed by atoms with van der Waals surface area (Å²) in [5.41, 5.74) is 4.49. The standard InChI is InChI=1S/C19H17O3P/c20-23(21,22)14-17-12-7-13-18(15-8-3-1-4-9-15)19(17)16-10-5-2-6-11-16/h1-13H,14H2,(H2,20,21,22). The first kappa shape index (κ1) is 15.7. The Morgan fingerprint density at radius 3 is 1.83 bits per heavy atom. The molecule has 0 radical (unpaired) electrons. The topological polar surface area (TPSA) is 57.5 Å². The Morgan fingerprint density at radius 1 is 0.696 bits per heavy atom. The molecule has 0 bridgehead atoms. The van der Waals surface area contributed by atoms with Gasteiger partial charge in [-0.2, -0.15) is 0 Å². The van der Waals surface area contributed by atoms with Crippen LogP contribution in [-0.4, -0.2) is 9.79 Å². The van der Waals surface area contributed by atoms with Crippen molar-refractivity contribution in [3.63, 3.8) is 0 Å². The van der Waals surface area contributed by atoms with Crippen LogP contribution in [0.3, 0.4) is 0 Å². The van der Waals surface area contributed by atoms with Crippen molar-refractivity contribution in [1.82, 2.24) is 0 Å². The van der Waals surface area contributed by atoms with Crippen LogP contribution in [0.25, 0.3) is 22.3 Å². The lowest BCUT2D eigenvalue weighted by molar-refractivity contribution is 0.372. The zero-order valence-corrected chi connectivity index (χ0v) is 13.4. The maximum absolute atomic E-state index is 11.5. The van der Waals surface area contributed by atoms with Gasteiger partial charge >= 0.3 is 7.60 Å². The first-order valence-corrected chi connectivity index (χ1v) is 9.12. The summed E-state index contributed by atoms with van der Waals surface area (Å²) in [5, 5.41) is 0. The third kappa shape index (κ3) is 3.77. The van der Waals surface area contributed by atoms with E-state index in [1.54, 1.807) is 6.07 Å². The monoisotopic (exact) mass is 324 g/mol. The summed E-state index contributed by atoms with van der Waals surface area (Å²) in [5.74, 6) is 0. The molecule has 0 unspecified atom stereocenters. The fourth-order valence-corrected chi connectivity index (χ4v) is 3.47. The molecule has 3 nitrogen and oxygen atoms in total. The molecule has 0 aromatic heterocycles. The lowest BCUT2D eigenvalue weighted by Crippen LogP contribution is -1.95. The molecule has 116 valence electrons. The Bertz CT molecular complexity index is 839. The quantitative estimate of drug-likeness (QED) is 0.684. The second-order valence-electron chi connectivity index (χ2n) is 5.39. The van der Waals surface area contributed by atoms with Crippen LogP contribution in [0, 0.1) is 0 Å². The molecule has 4 heteroatoms. The molecular weight excluding hydrogens is 307 g/mol. The van der Waals surface area contributed by atoms with Crippen LogP contribution in [0.1, 0.15) is 5.56 Å². The van der Waals surface area contributed by atoms with Crippen molar-refractivity contribution in [3.05, 3.63) is 84.4 Å². The highest BCUT2D eigenvalue weighted by Crippen LogP contribution is 2.44. The van der Waals surface area contributed by atoms with Gasteiger partial charge in [0.15, 0.2) is 0 Å². The van der Waals surface area contributed by atoms with E-state index in [0.29, 0.717) is 5.56 Å². The highest BCUT2D eigenvalue weighted by molar-refractivity contribution is 7.50. The summed E-state index contributed by atoms with van der Waals surface area (Å²) < 4.78 is 11.5. The average Bonchev–Trinajstić information content (AvgIpc) is 2.55. The minimum Gasteiger partial charge on any atom is -0.324 e. The van der Waals surface area contributed by atoms with Crippen molar-refractivity contribution < 1.29 is 14.4 Å². The van der Waals surface area contributed by atoms with Crippen LogP contribution in [0.15, 0.2) is 78.9 Å². The van der Waals surface area contributed by atoms with Gasteiger partial charge in [-0.3, -0.25) is 4.57 Å². The van der Waals surface area contributed by atoms with E-state index >= 15 is 0 Å². The molecule has 23 heavy (non-hydrogen) atoms. The molecule has 0 aliphatic rings. The van der Waals surface area contributed by atoms with E-state index in [0.717, 1.165) is 22.3 Å². The second-order valence-corrected chi connectivity index (χ2v) is 7.04. The number of benzene rings is 3. The zero-order valence-electron chi connectivity index (χ0n) is 12.5. The molecular formula is C19H17O3P. The predicted molar refractivity (Wildman–Crippen MR) is 93.1 cm³/mol. The summed E-state index contributed by atoms with van der Waals surface area (Å²) in [4.78, 5) is 18.8. The number of hydrogen-bond acceptors (Lipinski definition) is 1. The van der Waals surface area contributed by atoms with Crippen LogP contribution in [0.5, 0.6) is 0 Å². The van der Waals surface area contributed by atoms with E-state index in [1.165, 1.54) is 0 Å². The molecule has 0 heterocycles. The molecule has 0 atom stereocenters. The van der Waals surface area contributed by atoms with Crippen LogP contribution in [0.4, 0.5) is 0 Å². The maximum atomic E-state index is 11.5. The van der Waals surface area contributed by atoms with Gasteiger partial charge in [-0.1, -0.05) is 78.9 Å². The summed E-state index contributed by atoms with van der Waals surface area (Å²) in [6.45, 7) is 0. The minimum absolute atomic E-state index is 0.266. The number of rotatable bonds is 4. The van der Waals surface area contributed by atoms with Gasteiger partial charge in [0.2, 0.25) is 0 Å². The SMILES string of the molecule is O=P(O)(O)Cc1cccc(-c2ccccc2)c1-c1ccccc1. The van der Waals surface area contributed by atoms with Crippen molar-refractivity contribution in [3.8, 4) is 22.3 Å². The van der Waals surface area contributed by atoms with Crippen LogP contribution in [-0.2, 0) is 10.7 Å². The highest BCUT2D eigenvalue weighted by Gasteiger charge is 2.19. The zero-order chi connectivity index (χ0) is 16.3. The van der Waals surface area contributed by atoms with Gasteiger partial charge in [-0.15, -0.1) is 0 Å². The van der Waals surface area contributed by atoms with E-state index in [-0.39, 0.29) is 6.16 Å². The van der Waals surface area contributed by atoms with Crippen molar-refractivity contribution >= 4 is 7.60 Å². The lowest BCUT2D eigenvalue weighted by Gasteiger charge is -2.16. The van der Waals surface area contributed by atoms with E-state index in [9.17, 15) is 14.4 Å². The fourth-order valence-electron chi connectivity index (χ4n) is 2.76. The molecule has 2 N–H and O–H groups in total. The molecule has 0 spiro atoms. The molecule has 0 aliphatic heterocycles. The lowest BCUT2D eigenvalue weighted by atomic mass is 9.91. The van der Waals surface area contributed by atoms with Crippen molar-refractivity contribution in [2.24, 2.45) is 0 Å². The van der Waals surface area contributed by atoms with Crippen molar-refractivity contribution in [2.45, 2.75) is 6.16 Å². The minimum atomic E-state index is -4.15. The first-order valence-electron chi connectivity index (χ1n) is 7.32. The molecule has 0 saturated carbocycles. The van der Waals surface area contributed by atoms with E-state index in [1.807, 2.05) is 72.8 Å². The largest absolute Gasteiger partial charge is 0.329 e. The molecule has 0 amide bonds. The molecule has 3 aromatic carbocycles. The summed E-state index contributed by atoms with van der Waals surface area (Å²) in [7, 11) is -4.15. The molecule has 3 aromatic rings. The Kier molecular flexibility index (Phi) is 4.44. The predicted octanol–water partition coefficient (Wildman–Crippen LogP) is 4.70. The second kappa shape index (κ2) is 6.51. The van der Waals surface area contributed by atoms with Gasteiger partial charge in [-0.25, -0.2) is 0 Å². The molecule has 3 rings (SSSR count). The van der Waals surface area contributed by atoms with Gasteiger partial charge in [0.1, 0.15) is 0 Å². The first-order chi connectivity index (χ1) is 11.0. The Morgan fingerprint density at radius 2 is 1.26 bits per heavy atom. The Labute approximate surface area is 135 Å². The van der Waals surface area contributed by atoms with Crippen molar-refractivity contribution in [1.29, 1.82) is 0 Å². The smallest absolute Gasteiger partial charge is 0.324 e.